The monoisotopic (exact) mass is 361 g/mol. The normalized spacial score (nSPS) is 10.2. The van der Waals surface area contributed by atoms with E-state index in [-0.39, 0.29) is 18.9 Å². The van der Waals surface area contributed by atoms with Crippen molar-refractivity contribution in [1.82, 2.24) is 4.90 Å². The number of nitrogens with two attached hydrogens (primary N) is 1. The van der Waals surface area contributed by atoms with Crippen LogP contribution in [0.5, 0.6) is 5.75 Å². The van der Waals surface area contributed by atoms with E-state index in [2.05, 4.69) is 0 Å². The number of ether oxygens (including phenoxy) is 1. The number of benzene rings is 2. The van der Waals surface area contributed by atoms with Crippen molar-refractivity contribution in [1.29, 1.82) is 0 Å². The second-order valence-corrected chi connectivity index (χ2v) is 5.47. The average molecular weight is 361 g/mol. The minimum atomic E-state index is -1.04. The molecule has 0 aromatic heterocycles. The highest BCUT2D eigenvalue weighted by atomic mass is 19.1. The molecule has 136 valence electrons. The molecule has 0 radical (unpaired) electrons. The molecule has 0 atom stereocenters. The van der Waals surface area contributed by atoms with Crippen molar-refractivity contribution in [3.8, 4) is 5.75 Å². The van der Waals surface area contributed by atoms with Crippen LogP contribution in [0.25, 0.3) is 0 Å². The third-order valence-electron chi connectivity index (χ3n) is 3.54. The van der Waals surface area contributed by atoms with Gasteiger partial charge in [0.25, 0.3) is 5.91 Å². The minimum absolute atomic E-state index is 0.00516. The maximum atomic E-state index is 13.5. The molecule has 0 fully saturated rings. The van der Waals surface area contributed by atoms with E-state index in [1.165, 1.54) is 11.0 Å². The number of carbonyl (C=O) groups excluding carboxylic acids is 2. The number of primary amides is 1. The Kier molecular flexibility index (Phi) is 5.84. The number of nitro groups is 1. The van der Waals surface area contributed by atoms with E-state index in [9.17, 15) is 24.1 Å². The molecule has 9 heteroatoms. The molecular formula is C17H16FN3O5. The van der Waals surface area contributed by atoms with Gasteiger partial charge in [0.1, 0.15) is 5.75 Å². The van der Waals surface area contributed by atoms with Crippen LogP contribution in [0.1, 0.15) is 15.9 Å². The maximum Gasteiger partial charge on any atom is 0.305 e. The van der Waals surface area contributed by atoms with Crippen molar-refractivity contribution in [2.24, 2.45) is 5.73 Å². The average Bonchev–Trinajstić information content (AvgIpc) is 2.59. The number of carbonyl (C=O) groups is 2. The highest BCUT2D eigenvalue weighted by Crippen LogP contribution is 2.22. The lowest BCUT2D eigenvalue weighted by Crippen LogP contribution is -2.31. The second kappa shape index (κ2) is 8.06. The predicted octanol–water partition coefficient (Wildman–Crippen LogP) is 1.87. The van der Waals surface area contributed by atoms with Gasteiger partial charge in [0.05, 0.1) is 4.92 Å². The molecule has 2 rings (SSSR count). The number of hydrogen-bond acceptors (Lipinski definition) is 5. The molecule has 0 aliphatic rings. The molecule has 0 bridgehead atoms. The van der Waals surface area contributed by atoms with Gasteiger partial charge in [-0.2, -0.15) is 4.39 Å². The van der Waals surface area contributed by atoms with Gasteiger partial charge in [0, 0.05) is 31.3 Å². The molecule has 2 amide bonds. The molecular weight excluding hydrogens is 345 g/mol. The third-order valence-corrected chi connectivity index (χ3v) is 3.54. The number of hydrogen-bond donors (Lipinski definition) is 1. The van der Waals surface area contributed by atoms with Gasteiger partial charge in [0.2, 0.25) is 11.7 Å². The first-order valence-electron chi connectivity index (χ1n) is 7.47. The van der Waals surface area contributed by atoms with Crippen molar-refractivity contribution in [2.45, 2.75) is 6.54 Å². The van der Waals surface area contributed by atoms with Gasteiger partial charge in [-0.15, -0.1) is 0 Å². The van der Waals surface area contributed by atoms with Gasteiger partial charge in [-0.25, -0.2) is 0 Å². The van der Waals surface area contributed by atoms with E-state index in [4.69, 9.17) is 10.5 Å². The van der Waals surface area contributed by atoms with Crippen LogP contribution in [-0.2, 0) is 11.3 Å². The summed E-state index contributed by atoms with van der Waals surface area (Å²) in [7, 11) is 1.54. The van der Waals surface area contributed by atoms with Crippen molar-refractivity contribution in [3.05, 3.63) is 69.5 Å². The first-order valence-corrected chi connectivity index (χ1v) is 7.47. The van der Waals surface area contributed by atoms with Crippen LogP contribution in [-0.4, -0.2) is 35.3 Å². The zero-order valence-corrected chi connectivity index (χ0v) is 13.8. The Morgan fingerprint density at radius 2 is 2.00 bits per heavy atom. The summed E-state index contributed by atoms with van der Waals surface area (Å²) in [6, 6.07) is 9.58. The number of rotatable bonds is 7. The Morgan fingerprint density at radius 3 is 2.62 bits per heavy atom. The molecule has 0 spiro atoms. The third kappa shape index (κ3) is 4.76. The first-order chi connectivity index (χ1) is 12.3. The van der Waals surface area contributed by atoms with E-state index in [0.717, 1.165) is 12.1 Å². The Balaban J connectivity index is 1.95. The summed E-state index contributed by atoms with van der Waals surface area (Å²) in [6.45, 7) is -0.152. The van der Waals surface area contributed by atoms with Gasteiger partial charge in [-0.05, 0) is 23.8 Å². The number of halogens is 1. The Bertz CT molecular complexity index is 856. The lowest BCUT2D eigenvalue weighted by molar-refractivity contribution is -0.387. The highest BCUT2D eigenvalue weighted by Gasteiger charge is 2.16. The zero-order chi connectivity index (χ0) is 19.3. The topological polar surface area (TPSA) is 116 Å². The van der Waals surface area contributed by atoms with Gasteiger partial charge < -0.3 is 15.4 Å². The van der Waals surface area contributed by atoms with Crippen LogP contribution in [0.2, 0.25) is 0 Å². The first kappa shape index (κ1) is 18.8. The van der Waals surface area contributed by atoms with E-state index in [1.807, 2.05) is 0 Å². The van der Waals surface area contributed by atoms with Gasteiger partial charge in [0.15, 0.2) is 6.61 Å². The lowest BCUT2D eigenvalue weighted by atomic mass is 10.1. The molecule has 0 aliphatic carbocycles. The molecule has 8 nitrogen and oxygen atoms in total. The van der Waals surface area contributed by atoms with Crippen molar-refractivity contribution >= 4 is 17.5 Å². The fraction of sp³-hybridized carbons (Fsp3) is 0.176. The van der Waals surface area contributed by atoms with Crippen molar-refractivity contribution in [2.75, 3.05) is 13.7 Å². The molecule has 2 aromatic rings. The van der Waals surface area contributed by atoms with E-state index >= 15 is 0 Å². The summed E-state index contributed by atoms with van der Waals surface area (Å²) in [5.74, 6) is -2.00. The SMILES string of the molecule is CN(Cc1cccc(C(N)=O)c1)C(=O)COc1ccc([N+](=O)[O-])c(F)c1. The summed E-state index contributed by atoms with van der Waals surface area (Å²) < 4.78 is 18.7. The van der Waals surface area contributed by atoms with Crippen LogP contribution < -0.4 is 10.5 Å². The second-order valence-electron chi connectivity index (χ2n) is 5.47. The standard InChI is InChI=1S/C17H16FN3O5/c1-20(9-11-3-2-4-12(7-11)17(19)23)16(22)10-26-13-5-6-15(21(24)25)14(18)8-13/h2-8H,9-10H2,1H3,(H2,19,23). The van der Waals surface area contributed by atoms with Crippen molar-refractivity contribution in [3.63, 3.8) is 0 Å². The van der Waals surface area contributed by atoms with Crippen LogP contribution in [0, 0.1) is 15.9 Å². The fourth-order valence-corrected chi connectivity index (χ4v) is 2.17. The number of nitrogens with zero attached hydrogens (tertiary/aromatic N) is 2. The van der Waals surface area contributed by atoms with E-state index in [1.54, 1.807) is 31.3 Å². The predicted molar refractivity (Wildman–Crippen MR) is 90.0 cm³/mol. The minimum Gasteiger partial charge on any atom is -0.484 e. The summed E-state index contributed by atoms with van der Waals surface area (Å²) in [5, 5.41) is 10.6. The molecule has 0 aliphatic heterocycles. The van der Waals surface area contributed by atoms with E-state index < -0.39 is 28.2 Å². The quantitative estimate of drug-likeness (QED) is 0.597. The highest BCUT2D eigenvalue weighted by molar-refractivity contribution is 5.92. The maximum absolute atomic E-state index is 13.5. The zero-order valence-electron chi connectivity index (χ0n) is 13.8. The lowest BCUT2D eigenvalue weighted by Gasteiger charge is -2.18. The summed E-state index contributed by atoms with van der Waals surface area (Å²) in [5.41, 5.74) is 5.58. The Morgan fingerprint density at radius 1 is 1.27 bits per heavy atom. The van der Waals surface area contributed by atoms with Crippen molar-refractivity contribution < 1.29 is 23.6 Å². The largest absolute Gasteiger partial charge is 0.484 e. The van der Waals surface area contributed by atoms with Gasteiger partial charge >= 0.3 is 5.69 Å². The smallest absolute Gasteiger partial charge is 0.305 e. The van der Waals surface area contributed by atoms with Gasteiger partial charge in [-0.3, -0.25) is 19.7 Å². The van der Waals surface area contributed by atoms with Gasteiger partial charge in [-0.1, -0.05) is 12.1 Å². The number of likely N-dealkylation sites (N-methyl/N-ethyl adjacent to an activating group) is 1. The number of nitro benzene ring substituents is 1. The summed E-state index contributed by atoms with van der Waals surface area (Å²) in [6.07, 6.45) is 0. The molecule has 26 heavy (non-hydrogen) atoms. The molecule has 0 saturated heterocycles. The summed E-state index contributed by atoms with van der Waals surface area (Å²) >= 11 is 0. The summed E-state index contributed by atoms with van der Waals surface area (Å²) in [4.78, 5) is 34.4. The molecule has 0 heterocycles. The Hall–Kier alpha value is -3.49. The van der Waals surface area contributed by atoms with Crippen LogP contribution in [0.15, 0.2) is 42.5 Å². The van der Waals surface area contributed by atoms with Crippen LogP contribution >= 0.6 is 0 Å². The molecule has 0 unspecified atom stereocenters. The Labute approximate surface area is 148 Å². The molecule has 2 aromatic carbocycles. The number of amides is 2. The fourth-order valence-electron chi connectivity index (χ4n) is 2.17. The van der Waals surface area contributed by atoms with Crippen LogP contribution in [0.3, 0.4) is 0 Å². The molecule has 0 saturated carbocycles. The van der Waals surface area contributed by atoms with E-state index in [0.29, 0.717) is 11.1 Å². The molecule has 2 N–H and O–H groups in total. The van der Waals surface area contributed by atoms with Crippen LogP contribution in [0.4, 0.5) is 10.1 Å².